The Morgan fingerprint density at radius 2 is 1.12 bits per heavy atom. The molecule has 0 aromatic heterocycles. The Bertz CT molecular complexity index is 710. The van der Waals surface area contributed by atoms with Gasteiger partial charge in [-0.25, -0.2) is 0 Å². The molecule has 0 aromatic rings. The zero-order valence-corrected chi connectivity index (χ0v) is 31.2. The highest BCUT2D eigenvalue weighted by molar-refractivity contribution is 6.54. The van der Waals surface area contributed by atoms with E-state index in [-0.39, 0.29) is 19.8 Å². The van der Waals surface area contributed by atoms with Crippen LogP contribution >= 0.6 is 0 Å². The molecule has 4 fully saturated rings. The molecule has 0 aliphatic carbocycles. The maximum atomic E-state index is 5.78. The summed E-state index contributed by atoms with van der Waals surface area (Å²) in [6.45, 7) is 35.6. The van der Waals surface area contributed by atoms with Gasteiger partial charge in [-0.15, -0.1) is 0 Å². The van der Waals surface area contributed by atoms with E-state index in [0.29, 0.717) is 60.8 Å². The van der Waals surface area contributed by atoms with E-state index in [2.05, 4.69) is 104 Å². The molecular weight excluding hydrogens is 536 g/mol. The first-order valence-corrected chi connectivity index (χ1v) is 17.7. The van der Waals surface area contributed by atoms with Crippen LogP contribution in [0.3, 0.4) is 0 Å². The molecule has 0 N–H and O–H groups in total. The molecule has 10 heteroatoms. The molecule has 250 valence electrons. The van der Waals surface area contributed by atoms with E-state index < -0.39 is 0 Å². The lowest BCUT2D eigenvalue weighted by molar-refractivity contribution is -0.0314. The van der Waals surface area contributed by atoms with Gasteiger partial charge in [0, 0.05) is 31.5 Å². The Morgan fingerprint density at radius 3 is 1.49 bits per heavy atom. The summed E-state index contributed by atoms with van der Waals surface area (Å²) in [4.78, 5) is 0. The van der Waals surface area contributed by atoms with E-state index in [1.54, 1.807) is 0 Å². The maximum Gasteiger partial charge on any atom is 0.460 e. The summed E-state index contributed by atoms with van der Waals surface area (Å²) >= 11 is 0. The second-order valence-electron chi connectivity index (χ2n) is 16.3. The van der Waals surface area contributed by atoms with Gasteiger partial charge in [0.2, 0.25) is 0 Å². The summed E-state index contributed by atoms with van der Waals surface area (Å²) in [7, 11) is -0.0162. The Kier molecular flexibility index (Phi) is 18.7. The lowest BCUT2D eigenvalue weighted by Gasteiger charge is -2.39. The fraction of sp³-hybridized carbons (Fsp3) is 1.00. The van der Waals surface area contributed by atoms with Gasteiger partial charge in [0.05, 0.1) is 5.60 Å². The molecule has 4 heterocycles. The maximum absolute atomic E-state index is 5.78. The van der Waals surface area contributed by atoms with Crippen LogP contribution in [0.5, 0.6) is 0 Å². The molecule has 3 atom stereocenters. The second-order valence-corrected chi connectivity index (χ2v) is 16.3. The topological polar surface area (TPSA) is 55.4 Å². The van der Waals surface area contributed by atoms with Crippen LogP contribution in [0.2, 0.25) is 35.9 Å². The van der Waals surface area contributed by atoms with Crippen LogP contribution in [0.1, 0.15) is 136 Å². The molecule has 0 amide bonds. The summed E-state index contributed by atoms with van der Waals surface area (Å²) in [5.74, 6) is 2.30. The van der Waals surface area contributed by atoms with Crippen molar-refractivity contribution in [3.63, 3.8) is 0 Å². The Morgan fingerprint density at radius 1 is 0.605 bits per heavy atom. The third-order valence-corrected chi connectivity index (χ3v) is 8.56. The van der Waals surface area contributed by atoms with E-state index in [4.69, 9.17) is 27.9 Å². The molecule has 4 rings (SSSR count). The van der Waals surface area contributed by atoms with E-state index in [0.717, 1.165) is 26.1 Å². The summed E-state index contributed by atoms with van der Waals surface area (Å²) in [5.41, 5.74) is 0.401. The van der Waals surface area contributed by atoms with Gasteiger partial charge in [0.15, 0.2) is 0 Å². The molecular formula is C33H70B4O6. The summed E-state index contributed by atoms with van der Waals surface area (Å²) in [6, 6.07) is 0. The summed E-state index contributed by atoms with van der Waals surface area (Å²) in [5, 5.41) is 0. The number of hydrogen-bond donors (Lipinski definition) is 0. The zero-order valence-electron chi connectivity index (χ0n) is 31.2. The Labute approximate surface area is 270 Å². The fourth-order valence-electron chi connectivity index (χ4n) is 5.87. The van der Waals surface area contributed by atoms with Crippen LogP contribution in [-0.2, 0) is 27.9 Å². The second kappa shape index (κ2) is 19.6. The van der Waals surface area contributed by atoms with Gasteiger partial charge in [-0.1, -0.05) is 82.1 Å². The van der Waals surface area contributed by atoms with Gasteiger partial charge in [0.25, 0.3) is 13.8 Å². The van der Waals surface area contributed by atoms with Crippen molar-refractivity contribution >= 4 is 28.1 Å². The first-order chi connectivity index (χ1) is 19.8. The number of rotatable bonds is 4. The van der Waals surface area contributed by atoms with E-state index in [1.807, 2.05) is 0 Å². The van der Waals surface area contributed by atoms with Crippen LogP contribution in [0.4, 0.5) is 0 Å². The molecule has 43 heavy (non-hydrogen) atoms. The van der Waals surface area contributed by atoms with Gasteiger partial charge in [-0.05, 0) is 95.2 Å². The highest BCUT2D eigenvalue weighted by Crippen LogP contribution is 2.32. The highest BCUT2D eigenvalue weighted by Gasteiger charge is 2.38. The third kappa shape index (κ3) is 17.5. The molecule has 0 saturated carbocycles. The average molecular weight is 606 g/mol. The van der Waals surface area contributed by atoms with Gasteiger partial charge >= 0.3 is 14.2 Å². The minimum Gasteiger partial charge on any atom is -0.436 e. The number of hydrogen-bond acceptors (Lipinski definition) is 6. The largest absolute Gasteiger partial charge is 0.460 e. The van der Waals surface area contributed by atoms with Crippen molar-refractivity contribution in [2.45, 2.75) is 196 Å². The average Bonchev–Trinajstić information content (AvgIpc) is 2.88. The molecule has 0 radical (unpaired) electrons. The lowest BCUT2D eigenvalue weighted by atomic mass is 9.51. The van der Waals surface area contributed by atoms with Crippen molar-refractivity contribution in [3.8, 4) is 0 Å². The molecule has 4 aliphatic heterocycles. The predicted octanol–water partition coefficient (Wildman–Crippen LogP) is 9.62. The van der Waals surface area contributed by atoms with Crippen molar-refractivity contribution in [1.82, 2.24) is 0 Å². The third-order valence-electron chi connectivity index (χ3n) is 8.56. The smallest absolute Gasteiger partial charge is 0.436 e. The van der Waals surface area contributed by atoms with Crippen molar-refractivity contribution in [2.24, 2.45) is 5.41 Å². The molecule has 4 aliphatic rings. The monoisotopic (exact) mass is 607 g/mol. The van der Waals surface area contributed by atoms with Gasteiger partial charge in [-0.2, -0.15) is 0 Å². The van der Waals surface area contributed by atoms with Gasteiger partial charge in [-0.3, -0.25) is 0 Å². The van der Waals surface area contributed by atoms with E-state index >= 15 is 0 Å². The van der Waals surface area contributed by atoms with Gasteiger partial charge in [0.1, 0.15) is 0 Å². The Hall–Kier alpha value is 0.0197. The van der Waals surface area contributed by atoms with Crippen LogP contribution in [0.25, 0.3) is 0 Å². The lowest BCUT2D eigenvalue weighted by Crippen LogP contribution is -2.47. The first-order valence-electron chi connectivity index (χ1n) is 17.7. The molecule has 0 aromatic carbocycles. The molecule has 6 nitrogen and oxygen atoms in total. The summed E-state index contributed by atoms with van der Waals surface area (Å²) < 4.78 is 33.9. The Balaban J connectivity index is 0.000000288. The minimum absolute atomic E-state index is 0.00810. The molecule has 4 saturated heterocycles. The normalized spacial score (nSPS) is 27.3. The standard InChI is InChI=1S/C9H19BO2.C9H19BO.C8H17BO2.C7H15BO/c1-7(2)10-11-8(3)6-9(4,5)12-10;1-8(2)10-6-5-9(3,4)7-11-10;1-6(2)9-10-7(3)5-8(4)11-9;1-7(2)8-5-3-4-6-9-8/h7-8H,6H2,1-5H3;8H,5-7H2,1-4H3;6-8H,5H2,1-4H3;7H,3-6H2,1-2H3. The SMILES string of the molecule is CC(C)B1CCC(C)(C)CO1.CC(C)B1CCCCO1.CC1CC(C)(C)OB(C(C)C)O1.CC1CC(C)OB(C(C)C)O1. The van der Waals surface area contributed by atoms with Crippen LogP contribution in [-0.4, -0.2) is 65.2 Å². The molecule has 0 spiro atoms. The predicted molar refractivity (Wildman–Crippen MR) is 189 cm³/mol. The van der Waals surface area contributed by atoms with Crippen LogP contribution in [0.15, 0.2) is 0 Å². The highest BCUT2D eigenvalue weighted by atomic mass is 16.6. The van der Waals surface area contributed by atoms with Crippen molar-refractivity contribution in [3.05, 3.63) is 0 Å². The van der Waals surface area contributed by atoms with E-state index in [9.17, 15) is 0 Å². The van der Waals surface area contributed by atoms with Gasteiger partial charge < -0.3 is 27.9 Å². The van der Waals surface area contributed by atoms with Crippen molar-refractivity contribution < 1.29 is 27.9 Å². The molecule has 0 bridgehead atoms. The first kappa shape index (κ1) is 41.0. The summed E-state index contributed by atoms with van der Waals surface area (Å²) in [6.07, 6.45) is 9.49. The minimum atomic E-state index is -0.0243. The molecule has 3 unspecified atom stereocenters. The van der Waals surface area contributed by atoms with Crippen LogP contribution in [0, 0.1) is 5.41 Å². The van der Waals surface area contributed by atoms with E-state index in [1.165, 1.54) is 31.9 Å². The van der Waals surface area contributed by atoms with Crippen molar-refractivity contribution in [1.29, 1.82) is 0 Å². The zero-order chi connectivity index (χ0) is 33.0. The fourth-order valence-corrected chi connectivity index (χ4v) is 5.87. The quantitative estimate of drug-likeness (QED) is 0.297. The van der Waals surface area contributed by atoms with Crippen LogP contribution < -0.4 is 0 Å². The van der Waals surface area contributed by atoms with Crippen molar-refractivity contribution in [2.75, 3.05) is 13.2 Å².